The molecule has 4 nitrogen and oxygen atoms in total. The second kappa shape index (κ2) is 10.0. The molecule has 0 saturated carbocycles. The third-order valence-electron chi connectivity index (χ3n) is 3.19. The van der Waals surface area contributed by atoms with E-state index in [-0.39, 0.29) is 31.4 Å². The molecule has 23 heavy (non-hydrogen) atoms. The molecule has 0 amide bonds. The van der Waals surface area contributed by atoms with Crippen LogP contribution >= 0.6 is 0 Å². The minimum Gasteiger partial charge on any atom is -1.00 e. The zero-order valence-electron chi connectivity index (χ0n) is 12.9. The first-order valence-electron chi connectivity index (χ1n) is 7.09. The molecule has 0 aliphatic carbocycles. The molecular weight excluding hydrogens is 321 g/mol. The van der Waals surface area contributed by atoms with E-state index in [1.165, 1.54) is 6.07 Å². The van der Waals surface area contributed by atoms with E-state index in [1.54, 1.807) is 31.4 Å². The van der Waals surface area contributed by atoms with Crippen LogP contribution in [0.4, 0.5) is 4.39 Å². The van der Waals surface area contributed by atoms with Crippen LogP contribution in [0.3, 0.4) is 0 Å². The molecule has 126 valence electrons. The minimum absolute atomic E-state index is 0. The molecule has 0 fully saturated rings. The first kappa shape index (κ1) is 19.2. The van der Waals surface area contributed by atoms with Crippen LogP contribution in [0.2, 0.25) is 0 Å². The molecule has 0 bridgehead atoms. The highest BCUT2D eigenvalue weighted by molar-refractivity contribution is 5.43. The van der Waals surface area contributed by atoms with E-state index in [9.17, 15) is 4.39 Å². The van der Waals surface area contributed by atoms with Crippen LogP contribution in [0.1, 0.15) is 11.1 Å². The van der Waals surface area contributed by atoms with Crippen LogP contribution in [0.5, 0.6) is 11.5 Å². The number of aliphatic hydroxyl groups excluding tert-OH is 1. The van der Waals surface area contributed by atoms with Gasteiger partial charge in [-0.1, -0.05) is 24.3 Å². The van der Waals surface area contributed by atoms with Crippen LogP contribution in [-0.2, 0) is 13.2 Å². The Balaban J connectivity index is 0.00000264. The van der Waals surface area contributed by atoms with Crippen molar-refractivity contribution in [2.75, 3.05) is 20.3 Å². The van der Waals surface area contributed by atoms with Gasteiger partial charge >= 0.3 is 0 Å². The van der Waals surface area contributed by atoms with E-state index >= 15 is 0 Å². The number of methoxy groups -OCH3 is 1. The first-order valence-corrected chi connectivity index (χ1v) is 7.09. The Bertz CT molecular complexity index is 610. The summed E-state index contributed by atoms with van der Waals surface area (Å²) in [6, 6.07) is 12.1. The Morgan fingerprint density at radius 2 is 1.91 bits per heavy atom. The van der Waals surface area contributed by atoms with Crippen molar-refractivity contribution < 1.29 is 31.4 Å². The third-order valence-corrected chi connectivity index (χ3v) is 3.19. The third kappa shape index (κ3) is 5.71. The lowest BCUT2D eigenvalue weighted by Gasteiger charge is -2.13. The predicted molar refractivity (Wildman–Crippen MR) is 82.5 cm³/mol. The van der Waals surface area contributed by atoms with Gasteiger partial charge < -0.3 is 32.3 Å². The molecule has 0 saturated heterocycles. The number of benzene rings is 2. The second-order valence-electron chi connectivity index (χ2n) is 4.77. The fourth-order valence-electron chi connectivity index (χ4n) is 2.02. The topological polar surface area (TPSA) is 50.7 Å². The van der Waals surface area contributed by atoms with Gasteiger partial charge in [0.25, 0.3) is 0 Å². The molecule has 0 aliphatic heterocycles. The number of nitrogens with one attached hydrogen (secondary N) is 1. The maximum Gasteiger partial charge on any atom is 0.161 e. The van der Waals surface area contributed by atoms with Crippen molar-refractivity contribution in [3.05, 3.63) is 59.4 Å². The summed E-state index contributed by atoms with van der Waals surface area (Å²) >= 11 is 0. The number of hydrogen-bond donors (Lipinski definition) is 2. The van der Waals surface area contributed by atoms with Gasteiger partial charge in [0.1, 0.15) is 12.4 Å². The van der Waals surface area contributed by atoms with Crippen LogP contribution in [0.15, 0.2) is 42.5 Å². The summed E-state index contributed by atoms with van der Waals surface area (Å²) in [6.45, 7) is 1.41. The normalized spacial score (nSPS) is 10.0. The highest BCUT2D eigenvalue weighted by Gasteiger charge is 2.08. The molecule has 2 N–H and O–H groups in total. The van der Waals surface area contributed by atoms with Crippen molar-refractivity contribution >= 4 is 0 Å². The van der Waals surface area contributed by atoms with Gasteiger partial charge in [0.2, 0.25) is 0 Å². The highest BCUT2D eigenvalue weighted by Crippen LogP contribution is 2.29. The van der Waals surface area contributed by atoms with Gasteiger partial charge in [-0.05, 0) is 23.8 Å². The Kier molecular flexibility index (Phi) is 8.40. The standard InChI is InChI=1S/C17H20FNO3.ClH/c1-21-17-10-13(11-19-8-9-20)6-7-16(17)22-12-14-4-2-3-5-15(14)18;/h2-7,10,19-20H,8-9,11-12H2,1H3;1H/p-1. The van der Waals surface area contributed by atoms with Gasteiger partial charge in [-0.2, -0.15) is 0 Å². The lowest BCUT2D eigenvalue weighted by molar-refractivity contribution is -0.00000677. The van der Waals surface area contributed by atoms with Crippen LogP contribution in [-0.4, -0.2) is 25.4 Å². The molecule has 0 radical (unpaired) electrons. The number of rotatable bonds is 8. The van der Waals surface area contributed by atoms with E-state index < -0.39 is 0 Å². The molecule has 0 aliphatic rings. The molecule has 0 aromatic heterocycles. The molecule has 2 aromatic rings. The van der Waals surface area contributed by atoms with Gasteiger partial charge in [-0.25, -0.2) is 4.39 Å². The summed E-state index contributed by atoms with van der Waals surface area (Å²) < 4.78 is 24.5. The van der Waals surface area contributed by atoms with Crippen molar-refractivity contribution in [1.82, 2.24) is 5.32 Å². The van der Waals surface area contributed by atoms with E-state index in [4.69, 9.17) is 14.6 Å². The summed E-state index contributed by atoms with van der Waals surface area (Å²) in [5.41, 5.74) is 1.52. The molecule has 6 heteroatoms. The number of halogens is 2. The Morgan fingerprint density at radius 1 is 1.13 bits per heavy atom. The predicted octanol–water partition coefficient (Wildman–Crippen LogP) is -0.501. The van der Waals surface area contributed by atoms with Gasteiger partial charge in [0.15, 0.2) is 11.5 Å². The average Bonchev–Trinajstić information content (AvgIpc) is 2.55. The quantitative estimate of drug-likeness (QED) is 0.636. The zero-order chi connectivity index (χ0) is 15.8. The van der Waals surface area contributed by atoms with E-state index in [0.717, 1.165) is 5.56 Å². The fraction of sp³-hybridized carbons (Fsp3) is 0.294. The van der Waals surface area contributed by atoms with E-state index in [1.807, 2.05) is 12.1 Å². The fourth-order valence-corrected chi connectivity index (χ4v) is 2.02. The van der Waals surface area contributed by atoms with Crippen LogP contribution in [0, 0.1) is 5.82 Å². The number of aliphatic hydroxyl groups is 1. The van der Waals surface area contributed by atoms with Crippen molar-refractivity contribution in [3.8, 4) is 11.5 Å². The summed E-state index contributed by atoms with van der Waals surface area (Å²) in [4.78, 5) is 0. The Hall–Kier alpha value is -1.82. The monoisotopic (exact) mass is 340 g/mol. The zero-order valence-corrected chi connectivity index (χ0v) is 13.6. The maximum atomic E-state index is 13.6. The summed E-state index contributed by atoms with van der Waals surface area (Å²) in [7, 11) is 1.57. The van der Waals surface area contributed by atoms with E-state index in [2.05, 4.69) is 5.32 Å². The van der Waals surface area contributed by atoms with Gasteiger partial charge in [-0.3, -0.25) is 0 Å². The van der Waals surface area contributed by atoms with E-state index in [0.29, 0.717) is 30.2 Å². The molecule has 0 atom stereocenters. The average molecular weight is 341 g/mol. The molecule has 0 spiro atoms. The second-order valence-corrected chi connectivity index (χ2v) is 4.77. The van der Waals surface area contributed by atoms with Gasteiger partial charge in [-0.15, -0.1) is 0 Å². The van der Waals surface area contributed by atoms with Crippen molar-refractivity contribution in [2.45, 2.75) is 13.2 Å². The lowest BCUT2D eigenvalue weighted by Crippen LogP contribution is -3.00. The minimum atomic E-state index is -0.286. The molecule has 2 rings (SSSR count). The van der Waals surface area contributed by atoms with Gasteiger partial charge in [0.05, 0.1) is 13.7 Å². The molecule has 2 aromatic carbocycles. The number of hydrogen-bond acceptors (Lipinski definition) is 4. The summed E-state index contributed by atoms with van der Waals surface area (Å²) in [5, 5.41) is 11.8. The molecular formula is C17H20ClFNO3-. The Morgan fingerprint density at radius 3 is 2.61 bits per heavy atom. The largest absolute Gasteiger partial charge is 1.00 e. The smallest absolute Gasteiger partial charge is 0.161 e. The molecule has 0 unspecified atom stereocenters. The number of ether oxygens (including phenoxy) is 2. The first-order chi connectivity index (χ1) is 10.7. The Labute approximate surface area is 141 Å². The van der Waals surface area contributed by atoms with Crippen molar-refractivity contribution in [1.29, 1.82) is 0 Å². The van der Waals surface area contributed by atoms with Crippen molar-refractivity contribution in [3.63, 3.8) is 0 Å². The summed E-state index contributed by atoms with van der Waals surface area (Å²) in [6.07, 6.45) is 0. The molecule has 0 heterocycles. The SMILES string of the molecule is COc1cc(CNCCO)ccc1OCc1ccccc1F.[Cl-]. The lowest BCUT2D eigenvalue weighted by atomic mass is 10.2. The van der Waals surface area contributed by atoms with Crippen LogP contribution < -0.4 is 27.2 Å². The van der Waals surface area contributed by atoms with Crippen LogP contribution in [0.25, 0.3) is 0 Å². The summed E-state index contributed by atoms with van der Waals surface area (Å²) in [5.74, 6) is 0.877. The van der Waals surface area contributed by atoms with Crippen molar-refractivity contribution in [2.24, 2.45) is 0 Å². The maximum absolute atomic E-state index is 13.6. The highest BCUT2D eigenvalue weighted by atomic mass is 35.5. The van der Waals surface area contributed by atoms with Gasteiger partial charge in [0, 0.05) is 18.7 Å².